The van der Waals surface area contributed by atoms with Crippen LogP contribution >= 0.6 is 0 Å². The number of hydrogen-bond acceptors (Lipinski definition) is 6. The van der Waals surface area contributed by atoms with Crippen molar-refractivity contribution in [1.82, 2.24) is 9.88 Å². The molecule has 1 aliphatic heterocycles. The third-order valence-electron chi connectivity index (χ3n) is 5.54. The lowest BCUT2D eigenvalue weighted by Gasteiger charge is -2.23. The second-order valence-electron chi connectivity index (χ2n) is 7.84. The van der Waals surface area contributed by atoms with E-state index in [0.29, 0.717) is 34.7 Å². The Balaban J connectivity index is 1.56. The van der Waals surface area contributed by atoms with E-state index in [9.17, 15) is 10.1 Å². The van der Waals surface area contributed by atoms with Crippen molar-refractivity contribution in [2.75, 3.05) is 37.4 Å². The number of anilines is 3. The monoisotopic (exact) mass is 439 g/mol. The number of ether oxygens (including phenoxy) is 1. The third-order valence-corrected chi connectivity index (χ3v) is 5.54. The van der Waals surface area contributed by atoms with Gasteiger partial charge in [-0.15, -0.1) is 0 Å². The van der Waals surface area contributed by atoms with E-state index in [0.717, 1.165) is 24.2 Å². The van der Waals surface area contributed by atoms with Crippen LogP contribution in [0.2, 0.25) is 0 Å². The molecule has 0 unspecified atom stereocenters. The summed E-state index contributed by atoms with van der Waals surface area (Å²) in [5.74, 6) is 5.99. The van der Waals surface area contributed by atoms with Gasteiger partial charge < -0.3 is 15.4 Å². The number of pyridine rings is 1. The first kappa shape index (κ1) is 22.1. The molecule has 0 saturated carbocycles. The number of nitrogens with zero attached hydrogens (tertiary/aromatic N) is 3. The summed E-state index contributed by atoms with van der Waals surface area (Å²) in [6.07, 6.45) is 5.18. The number of fused-ring (bicyclic) bond motifs is 1. The molecule has 1 fully saturated rings. The number of rotatable bonds is 5. The van der Waals surface area contributed by atoms with Gasteiger partial charge in [-0.1, -0.05) is 18.4 Å². The van der Waals surface area contributed by atoms with Gasteiger partial charge in [0.15, 0.2) is 0 Å². The maximum atomic E-state index is 12.4. The smallest absolute Gasteiger partial charge is 0.300 e. The fourth-order valence-corrected chi connectivity index (χ4v) is 3.85. The molecule has 0 atom stereocenters. The number of amides is 1. The lowest BCUT2D eigenvalue weighted by atomic mass is 10.1. The van der Waals surface area contributed by atoms with E-state index in [4.69, 9.17) is 4.74 Å². The molecule has 0 spiro atoms. The first-order valence-corrected chi connectivity index (χ1v) is 10.9. The average molecular weight is 440 g/mol. The minimum atomic E-state index is -0.363. The van der Waals surface area contributed by atoms with E-state index in [1.807, 2.05) is 30.3 Å². The van der Waals surface area contributed by atoms with Crippen molar-refractivity contribution >= 4 is 33.9 Å². The normalized spacial score (nSPS) is 13.5. The zero-order valence-electron chi connectivity index (χ0n) is 18.5. The van der Waals surface area contributed by atoms with Crippen molar-refractivity contribution < 1.29 is 9.53 Å². The number of nitriles is 1. The SMILES string of the molecule is COc1cccc(Nc2c(C#N)cnc3ccc(NC(=O)C#CCN4CCCCC4)cc23)c1. The molecule has 0 radical (unpaired) electrons. The number of methoxy groups -OCH3 is 1. The lowest BCUT2D eigenvalue weighted by Crippen LogP contribution is -2.30. The fraction of sp³-hybridized carbons (Fsp3) is 0.269. The minimum Gasteiger partial charge on any atom is -0.497 e. The molecule has 0 bridgehead atoms. The average Bonchev–Trinajstić information content (AvgIpc) is 2.85. The van der Waals surface area contributed by atoms with Crippen LogP contribution in [0.1, 0.15) is 24.8 Å². The zero-order valence-corrected chi connectivity index (χ0v) is 18.5. The molecular formula is C26H25N5O2. The van der Waals surface area contributed by atoms with Gasteiger partial charge in [0.05, 0.1) is 30.4 Å². The molecule has 2 heterocycles. The van der Waals surface area contributed by atoms with Crippen LogP contribution < -0.4 is 15.4 Å². The highest BCUT2D eigenvalue weighted by atomic mass is 16.5. The standard InChI is InChI=1S/C26H25N5O2/c1-33-22-8-5-7-20(15-22)30-26-19(17-27)18-28-24-11-10-21(16-23(24)26)29-25(32)9-6-14-31-12-3-2-4-13-31/h5,7-8,10-11,15-16,18H,2-4,12-14H2,1H3,(H,28,30)(H,29,32). The van der Waals surface area contributed by atoms with Gasteiger partial charge in [-0.25, -0.2) is 0 Å². The summed E-state index contributed by atoms with van der Waals surface area (Å²) < 4.78 is 5.29. The molecule has 1 aliphatic rings. The van der Waals surface area contributed by atoms with Gasteiger partial charge in [-0.3, -0.25) is 14.7 Å². The minimum absolute atomic E-state index is 0.363. The van der Waals surface area contributed by atoms with Crippen molar-refractivity contribution in [2.45, 2.75) is 19.3 Å². The summed E-state index contributed by atoms with van der Waals surface area (Å²) in [7, 11) is 1.60. The zero-order chi connectivity index (χ0) is 23.0. The van der Waals surface area contributed by atoms with E-state index in [1.165, 1.54) is 25.5 Å². The molecule has 2 N–H and O–H groups in total. The largest absolute Gasteiger partial charge is 0.497 e. The second kappa shape index (κ2) is 10.5. The Bertz CT molecular complexity index is 1260. The summed E-state index contributed by atoms with van der Waals surface area (Å²) in [4.78, 5) is 19.0. The maximum absolute atomic E-state index is 12.4. The van der Waals surface area contributed by atoms with E-state index in [-0.39, 0.29) is 5.91 Å². The Morgan fingerprint density at radius 1 is 1.15 bits per heavy atom. The molecule has 0 aliphatic carbocycles. The second-order valence-corrected chi connectivity index (χ2v) is 7.84. The molecule has 7 nitrogen and oxygen atoms in total. The number of aromatic nitrogens is 1. The first-order valence-electron chi connectivity index (χ1n) is 10.9. The molecule has 1 aromatic heterocycles. The van der Waals surface area contributed by atoms with Crippen LogP contribution in [0, 0.1) is 23.2 Å². The van der Waals surface area contributed by atoms with Gasteiger partial charge in [0.25, 0.3) is 5.91 Å². The van der Waals surface area contributed by atoms with Gasteiger partial charge in [0.1, 0.15) is 11.8 Å². The third kappa shape index (κ3) is 5.60. The Hall–Kier alpha value is -4.07. The lowest BCUT2D eigenvalue weighted by molar-refractivity contribution is -0.111. The predicted octanol–water partition coefficient (Wildman–Crippen LogP) is 4.29. The number of likely N-dealkylation sites (tertiary alicyclic amines) is 1. The Morgan fingerprint density at radius 2 is 2.00 bits per heavy atom. The number of carbonyl (C=O) groups is 1. The van der Waals surface area contributed by atoms with Gasteiger partial charge in [0.2, 0.25) is 0 Å². The van der Waals surface area contributed by atoms with Crippen molar-refractivity contribution in [2.24, 2.45) is 0 Å². The number of hydrogen-bond donors (Lipinski definition) is 2. The highest BCUT2D eigenvalue weighted by Gasteiger charge is 2.12. The van der Waals surface area contributed by atoms with Crippen molar-refractivity contribution in [1.29, 1.82) is 5.26 Å². The molecule has 1 saturated heterocycles. The van der Waals surface area contributed by atoms with E-state index in [2.05, 4.69) is 38.4 Å². The summed E-state index contributed by atoms with van der Waals surface area (Å²) in [5.41, 5.74) is 3.08. The quantitative estimate of drug-likeness (QED) is 0.577. The molecule has 166 valence electrons. The van der Waals surface area contributed by atoms with E-state index in [1.54, 1.807) is 19.2 Å². The van der Waals surface area contributed by atoms with Crippen LogP contribution in [0.15, 0.2) is 48.7 Å². The van der Waals surface area contributed by atoms with Crippen LogP contribution in [-0.2, 0) is 4.79 Å². The summed E-state index contributed by atoms with van der Waals surface area (Å²) in [5, 5.41) is 16.5. The van der Waals surface area contributed by atoms with Crippen LogP contribution in [-0.4, -0.2) is 42.5 Å². The summed E-state index contributed by atoms with van der Waals surface area (Å²) in [6, 6.07) is 15.0. The Labute approximate surface area is 193 Å². The number of benzene rings is 2. The number of nitrogens with one attached hydrogen (secondary N) is 2. The van der Waals surface area contributed by atoms with E-state index >= 15 is 0 Å². The van der Waals surface area contributed by atoms with Gasteiger partial charge in [-0.2, -0.15) is 5.26 Å². The van der Waals surface area contributed by atoms with Crippen molar-refractivity contribution in [3.05, 3.63) is 54.2 Å². The maximum Gasteiger partial charge on any atom is 0.300 e. The van der Waals surface area contributed by atoms with Crippen LogP contribution in [0.5, 0.6) is 5.75 Å². The molecule has 1 amide bonds. The Kier molecular flexibility index (Phi) is 7.04. The van der Waals surface area contributed by atoms with Gasteiger partial charge >= 0.3 is 0 Å². The molecule has 33 heavy (non-hydrogen) atoms. The van der Waals surface area contributed by atoms with Crippen LogP contribution in [0.25, 0.3) is 10.9 Å². The molecule has 4 rings (SSSR count). The van der Waals surface area contributed by atoms with Crippen molar-refractivity contribution in [3.63, 3.8) is 0 Å². The molecule has 7 heteroatoms. The highest BCUT2D eigenvalue weighted by molar-refractivity contribution is 6.06. The van der Waals surface area contributed by atoms with Crippen molar-refractivity contribution in [3.8, 4) is 23.7 Å². The number of carbonyl (C=O) groups excluding carboxylic acids is 1. The fourth-order valence-electron chi connectivity index (χ4n) is 3.85. The molecular weight excluding hydrogens is 414 g/mol. The highest BCUT2D eigenvalue weighted by Crippen LogP contribution is 2.31. The predicted molar refractivity (Wildman–Crippen MR) is 129 cm³/mol. The van der Waals surface area contributed by atoms with E-state index < -0.39 is 0 Å². The molecule has 2 aromatic carbocycles. The summed E-state index contributed by atoms with van der Waals surface area (Å²) >= 11 is 0. The molecule has 3 aromatic rings. The number of piperidine rings is 1. The summed E-state index contributed by atoms with van der Waals surface area (Å²) in [6.45, 7) is 2.69. The van der Waals surface area contributed by atoms with Gasteiger partial charge in [0, 0.05) is 29.0 Å². The Morgan fingerprint density at radius 3 is 2.79 bits per heavy atom. The topological polar surface area (TPSA) is 90.3 Å². The van der Waals surface area contributed by atoms with Crippen LogP contribution in [0.4, 0.5) is 17.1 Å². The van der Waals surface area contributed by atoms with Gasteiger partial charge in [-0.05, 0) is 62.2 Å². The first-order chi connectivity index (χ1) is 16.2. The van der Waals surface area contributed by atoms with Crippen LogP contribution in [0.3, 0.4) is 0 Å².